The summed E-state index contributed by atoms with van der Waals surface area (Å²) in [7, 11) is -0.756. The molecule has 1 saturated carbocycles. The van der Waals surface area contributed by atoms with Gasteiger partial charge in [-0.3, -0.25) is 4.90 Å². The van der Waals surface area contributed by atoms with Crippen LogP contribution >= 0.6 is 0 Å². The Kier molecular flexibility index (Phi) is 4.36. The number of hydrogen-bond acceptors (Lipinski definition) is 5. The Balaban J connectivity index is 1.39. The van der Waals surface area contributed by atoms with Crippen molar-refractivity contribution in [1.82, 2.24) is 10.2 Å². The zero-order chi connectivity index (χ0) is 14.2. The summed E-state index contributed by atoms with van der Waals surface area (Å²) in [6.45, 7) is 1.84. The smallest absolute Gasteiger partial charge is 0.151 e. The summed E-state index contributed by atoms with van der Waals surface area (Å²) in [6, 6.07) is 0.927. The van der Waals surface area contributed by atoms with Crippen LogP contribution in [0.3, 0.4) is 0 Å². The molecule has 0 aromatic rings. The van der Waals surface area contributed by atoms with E-state index in [1.54, 1.807) is 0 Å². The first-order chi connectivity index (χ1) is 9.52. The summed E-state index contributed by atoms with van der Waals surface area (Å²) < 4.78 is 29.1. The quantitative estimate of drug-likeness (QED) is 0.770. The van der Waals surface area contributed by atoms with Crippen molar-refractivity contribution >= 4 is 9.84 Å². The lowest BCUT2D eigenvalue weighted by Gasteiger charge is -2.26. The summed E-state index contributed by atoms with van der Waals surface area (Å²) >= 11 is 0. The third-order valence-electron chi connectivity index (χ3n) is 4.73. The lowest BCUT2D eigenvalue weighted by molar-refractivity contribution is 0.0222. The zero-order valence-corrected chi connectivity index (χ0v) is 13.1. The van der Waals surface area contributed by atoms with Gasteiger partial charge in [0.25, 0.3) is 0 Å². The van der Waals surface area contributed by atoms with Gasteiger partial charge in [0, 0.05) is 25.2 Å². The number of nitrogens with one attached hydrogen (secondary N) is 1. The van der Waals surface area contributed by atoms with Crippen LogP contribution in [0, 0.1) is 0 Å². The molecule has 0 amide bonds. The molecule has 116 valence electrons. The molecule has 2 aliphatic heterocycles. The average molecular weight is 302 g/mol. The third-order valence-corrected chi connectivity index (χ3v) is 6.48. The average Bonchev–Trinajstić information content (AvgIpc) is 3.00. The molecule has 3 aliphatic rings. The monoisotopic (exact) mass is 302 g/mol. The van der Waals surface area contributed by atoms with Crippen molar-refractivity contribution < 1.29 is 13.2 Å². The molecule has 3 rings (SSSR count). The van der Waals surface area contributed by atoms with E-state index in [-0.39, 0.29) is 12.1 Å². The largest absolute Gasteiger partial charge is 0.372 e. The van der Waals surface area contributed by atoms with Gasteiger partial charge in [0.05, 0.1) is 23.7 Å². The molecule has 20 heavy (non-hydrogen) atoms. The maximum atomic E-state index is 11.5. The Bertz CT molecular complexity index is 436. The summed E-state index contributed by atoms with van der Waals surface area (Å²) in [6.07, 6.45) is 6.25. The van der Waals surface area contributed by atoms with E-state index in [0.29, 0.717) is 17.6 Å². The van der Waals surface area contributed by atoms with E-state index in [0.717, 1.165) is 38.4 Å². The van der Waals surface area contributed by atoms with Crippen molar-refractivity contribution in [3.63, 3.8) is 0 Å². The number of sulfone groups is 1. The third kappa shape index (κ3) is 3.93. The summed E-state index contributed by atoms with van der Waals surface area (Å²) in [5, 5.41) is 3.52. The van der Waals surface area contributed by atoms with E-state index in [2.05, 4.69) is 10.2 Å². The topological polar surface area (TPSA) is 58.6 Å². The predicted molar refractivity (Wildman–Crippen MR) is 78.6 cm³/mol. The molecule has 2 heterocycles. The highest BCUT2D eigenvalue weighted by Crippen LogP contribution is 2.24. The molecule has 0 aromatic carbocycles. The van der Waals surface area contributed by atoms with Crippen LogP contribution < -0.4 is 5.32 Å². The lowest BCUT2D eigenvalue weighted by atomic mass is 10.1. The highest BCUT2D eigenvalue weighted by atomic mass is 32.2. The fraction of sp³-hybridized carbons (Fsp3) is 1.00. The number of hydrogen-bond donors (Lipinski definition) is 1. The van der Waals surface area contributed by atoms with Gasteiger partial charge in [0.15, 0.2) is 9.84 Å². The van der Waals surface area contributed by atoms with Crippen LogP contribution in [0.5, 0.6) is 0 Å². The number of nitrogens with zero attached hydrogens (tertiary/aromatic N) is 1. The van der Waals surface area contributed by atoms with Crippen LogP contribution in [0.4, 0.5) is 0 Å². The molecule has 6 heteroatoms. The van der Waals surface area contributed by atoms with E-state index in [4.69, 9.17) is 4.74 Å². The van der Waals surface area contributed by atoms with Crippen molar-refractivity contribution in [2.75, 3.05) is 31.6 Å². The van der Waals surface area contributed by atoms with Crippen LogP contribution in [0.25, 0.3) is 0 Å². The molecule has 1 aliphatic carbocycles. The molecule has 2 saturated heterocycles. The first kappa shape index (κ1) is 14.8. The van der Waals surface area contributed by atoms with Gasteiger partial charge in [-0.2, -0.15) is 0 Å². The molecule has 0 spiro atoms. The molecule has 0 aromatic heterocycles. The van der Waals surface area contributed by atoms with Gasteiger partial charge in [-0.15, -0.1) is 0 Å². The van der Waals surface area contributed by atoms with E-state index >= 15 is 0 Å². The van der Waals surface area contributed by atoms with Gasteiger partial charge in [-0.25, -0.2) is 8.42 Å². The summed E-state index contributed by atoms with van der Waals surface area (Å²) in [5.41, 5.74) is 0. The van der Waals surface area contributed by atoms with Crippen molar-refractivity contribution in [3.05, 3.63) is 0 Å². The highest BCUT2D eigenvalue weighted by Gasteiger charge is 2.33. The van der Waals surface area contributed by atoms with Gasteiger partial charge in [0.1, 0.15) is 0 Å². The van der Waals surface area contributed by atoms with Gasteiger partial charge >= 0.3 is 0 Å². The standard InChI is InChI=1S/C14H26N2O3S/c1-16(12-6-7-20(17,18)10-12)9-14-5-4-13(19-14)8-15-11-2-3-11/h11-15H,2-10H2,1H3. The summed E-state index contributed by atoms with van der Waals surface area (Å²) in [4.78, 5) is 2.19. The maximum Gasteiger partial charge on any atom is 0.151 e. The van der Waals surface area contributed by atoms with Crippen molar-refractivity contribution in [2.24, 2.45) is 0 Å². The lowest BCUT2D eigenvalue weighted by Crippen LogP contribution is -2.39. The molecule has 0 radical (unpaired) electrons. The van der Waals surface area contributed by atoms with Crippen LogP contribution in [0.15, 0.2) is 0 Å². The maximum absolute atomic E-state index is 11.5. The Hall–Kier alpha value is -0.170. The van der Waals surface area contributed by atoms with E-state index in [1.165, 1.54) is 12.8 Å². The summed E-state index contributed by atoms with van der Waals surface area (Å²) in [5.74, 6) is 0.671. The second-order valence-corrected chi connectivity index (χ2v) is 8.87. The Morgan fingerprint density at radius 1 is 1.15 bits per heavy atom. The number of likely N-dealkylation sites (N-methyl/N-ethyl adjacent to an activating group) is 1. The molecule has 3 atom stereocenters. The fourth-order valence-corrected chi connectivity index (χ4v) is 5.05. The molecule has 5 nitrogen and oxygen atoms in total. The second kappa shape index (κ2) is 5.91. The number of ether oxygens (including phenoxy) is 1. The first-order valence-corrected chi connectivity index (χ1v) is 9.63. The minimum absolute atomic E-state index is 0.187. The Labute approximate surface area is 122 Å². The van der Waals surface area contributed by atoms with Gasteiger partial charge in [0.2, 0.25) is 0 Å². The van der Waals surface area contributed by atoms with Crippen molar-refractivity contribution in [2.45, 2.75) is 56.4 Å². The van der Waals surface area contributed by atoms with Gasteiger partial charge < -0.3 is 10.1 Å². The molecular formula is C14H26N2O3S. The minimum Gasteiger partial charge on any atom is -0.372 e. The molecule has 0 bridgehead atoms. The van der Waals surface area contributed by atoms with E-state index in [9.17, 15) is 8.42 Å². The van der Waals surface area contributed by atoms with Crippen LogP contribution in [-0.4, -0.2) is 69.3 Å². The fourth-order valence-electron chi connectivity index (χ4n) is 3.24. The van der Waals surface area contributed by atoms with Crippen LogP contribution in [0.2, 0.25) is 0 Å². The van der Waals surface area contributed by atoms with E-state index in [1.807, 2.05) is 7.05 Å². The SMILES string of the molecule is CN(CC1CCC(CNC2CC2)O1)C1CCS(=O)(=O)C1. The first-order valence-electron chi connectivity index (χ1n) is 7.81. The van der Waals surface area contributed by atoms with Crippen molar-refractivity contribution in [1.29, 1.82) is 0 Å². The highest BCUT2D eigenvalue weighted by molar-refractivity contribution is 7.91. The van der Waals surface area contributed by atoms with Crippen LogP contribution in [-0.2, 0) is 14.6 Å². The molecular weight excluding hydrogens is 276 g/mol. The van der Waals surface area contributed by atoms with Gasteiger partial charge in [-0.05, 0) is 39.2 Å². The Morgan fingerprint density at radius 3 is 2.55 bits per heavy atom. The molecule has 1 N–H and O–H groups in total. The zero-order valence-electron chi connectivity index (χ0n) is 12.3. The molecule has 3 fully saturated rings. The normalized spacial score (nSPS) is 36.8. The second-order valence-electron chi connectivity index (χ2n) is 6.64. The molecule has 3 unspecified atom stereocenters. The van der Waals surface area contributed by atoms with Crippen LogP contribution in [0.1, 0.15) is 32.1 Å². The predicted octanol–water partition coefficient (Wildman–Crippen LogP) is 0.405. The van der Waals surface area contributed by atoms with Gasteiger partial charge in [-0.1, -0.05) is 0 Å². The Morgan fingerprint density at radius 2 is 1.90 bits per heavy atom. The number of rotatable bonds is 6. The van der Waals surface area contributed by atoms with Crippen molar-refractivity contribution in [3.8, 4) is 0 Å². The minimum atomic E-state index is -2.79. The van der Waals surface area contributed by atoms with E-state index < -0.39 is 9.84 Å².